The average Bonchev–Trinajstić information content (AvgIpc) is 2.75. The Morgan fingerprint density at radius 2 is 2.04 bits per heavy atom. The number of carbonyl (C=O) groups is 1. The van der Waals surface area contributed by atoms with E-state index in [9.17, 15) is 9.90 Å². The van der Waals surface area contributed by atoms with Gasteiger partial charge in [0.05, 0.1) is 0 Å². The van der Waals surface area contributed by atoms with Gasteiger partial charge < -0.3 is 5.11 Å². The predicted molar refractivity (Wildman–Crippen MR) is 99.6 cm³/mol. The van der Waals surface area contributed by atoms with E-state index in [4.69, 9.17) is 6.42 Å². The summed E-state index contributed by atoms with van der Waals surface area (Å²) in [4.78, 5) is 12.0. The van der Waals surface area contributed by atoms with Crippen LogP contribution >= 0.6 is 0 Å². The number of rotatable bonds is 0. The Bertz CT molecular complexity index is 723. The van der Waals surface area contributed by atoms with Gasteiger partial charge in [0.2, 0.25) is 0 Å². The van der Waals surface area contributed by atoms with Crippen molar-refractivity contribution in [2.24, 2.45) is 35.0 Å². The predicted octanol–water partition coefficient (Wildman–Crippen LogP) is 4.29. The number of terminal acetylenes is 1. The van der Waals surface area contributed by atoms with Crippen LogP contribution in [0.5, 0.6) is 0 Å². The highest BCUT2D eigenvalue weighted by molar-refractivity contribution is 5.83. The van der Waals surface area contributed by atoms with E-state index >= 15 is 0 Å². The van der Waals surface area contributed by atoms with Gasteiger partial charge in [-0.3, -0.25) is 4.79 Å². The van der Waals surface area contributed by atoms with Crippen molar-refractivity contribution in [1.82, 2.24) is 0 Å². The van der Waals surface area contributed by atoms with Crippen LogP contribution in [0.4, 0.5) is 0 Å². The van der Waals surface area contributed by atoms with Gasteiger partial charge in [-0.15, -0.1) is 6.42 Å². The number of aliphatic hydroxyl groups is 1. The maximum Gasteiger partial charge on any atom is 0.137 e. The molecule has 134 valence electrons. The number of fused-ring (bicyclic) bond motifs is 4. The average molecular weight is 338 g/mol. The number of hydrogen-bond donors (Lipinski definition) is 1. The first kappa shape index (κ1) is 17.1. The molecule has 0 aromatic heterocycles. The standard InChI is InChI=1S/C23H30O2/c1-6-23(25)15(4)10-19-21-13(2)9-16-11-17(24)7-8-18(16)20(21)14(3)12-22(19,23)5/h1,13,15,19-21,25H,3,7-12H2,2,4-5H3/t13-,15-,19?,20?,21?,22+,23+/m1/s1. The minimum atomic E-state index is -1.04. The molecule has 0 bridgehead atoms. The van der Waals surface area contributed by atoms with Crippen molar-refractivity contribution in [3.05, 3.63) is 23.3 Å². The van der Waals surface area contributed by atoms with Crippen LogP contribution in [0.1, 0.15) is 59.3 Å². The van der Waals surface area contributed by atoms with Gasteiger partial charge in [-0.1, -0.05) is 50.0 Å². The smallest absolute Gasteiger partial charge is 0.137 e. The lowest BCUT2D eigenvalue weighted by atomic mass is 9.49. The maximum absolute atomic E-state index is 12.0. The van der Waals surface area contributed by atoms with Crippen LogP contribution in [0, 0.1) is 47.3 Å². The molecule has 4 rings (SSSR count). The van der Waals surface area contributed by atoms with E-state index in [0.717, 1.165) is 25.7 Å². The molecule has 0 aromatic carbocycles. The fourth-order valence-corrected chi connectivity index (χ4v) is 7.10. The van der Waals surface area contributed by atoms with Gasteiger partial charge in [-0.05, 0) is 49.4 Å². The quantitative estimate of drug-likeness (QED) is 0.528. The zero-order valence-corrected chi connectivity index (χ0v) is 15.8. The molecule has 0 spiro atoms. The van der Waals surface area contributed by atoms with Crippen LogP contribution in [0.2, 0.25) is 0 Å². The summed E-state index contributed by atoms with van der Waals surface area (Å²) in [5.74, 6) is 5.15. The molecule has 25 heavy (non-hydrogen) atoms. The van der Waals surface area contributed by atoms with Crippen molar-refractivity contribution < 1.29 is 9.90 Å². The van der Waals surface area contributed by atoms with Crippen LogP contribution in [0.3, 0.4) is 0 Å². The lowest BCUT2D eigenvalue weighted by Crippen LogP contribution is -2.54. The van der Waals surface area contributed by atoms with Crippen LogP contribution < -0.4 is 0 Å². The second-order valence-corrected chi connectivity index (χ2v) is 9.49. The number of hydrogen-bond acceptors (Lipinski definition) is 2. The van der Waals surface area contributed by atoms with Gasteiger partial charge in [0, 0.05) is 24.2 Å². The third-order valence-electron chi connectivity index (χ3n) is 8.25. The van der Waals surface area contributed by atoms with E-state index in [-0.39, 0.29) is 11.3 Å². The minimum Gasteiger partial charge on any atom is -0.377 e. The molecule has 2 saturated carbocycles. The maximum atomic E-state index is 12.0. The van der Waals surface area contributed by atoms with Gasteiger partial charge >= 0.3 is 0 Å². The van der Waals surface area contributed by atoms with Gasteiger partial charge in [-0.2, -0.15) is 0 Å². The SMILES string of the molecule is C#C[C@]1(O)[C@H](C)CC2C3C(C(=C)C[C@@]21C)C1=C(CC(=O)CC1)C[C@H]3C. The van der Waals surface area contributed by atoms with Crippen molar-refractivity contribution in [2.75, 3.05) is 0 Å². The van der Waals surface area contributed by atoms with Gasteiger partial charge in [-0.25, -0.2) is 0 Å². The molecule has 7 atom stereocenters. The third-order valence-corrected chi connectivity index (χ3v) is 8.25. The lowest BCUT2D eigenvalue weighted by Gasteiger charge is -2.56. The van der Waals surface area contributed by atoms with Crippen molar-refractivity contribution in [2.45, 2.75) is 64.9 Å². The Morgan fingerprint density at radius 1 is 1.32 bits per heavy atom. The summed E-state index contributed by atoms with van der Waals surface area (Å²) in [7, 11) is 0. The van der Waals surface area contributed by atoms with Gasteiger partial charge in [0.25, 0.3) is 0 Å². The van der Waals surface area contributed by atoms with E-state index < -0.39 is 5.60 Å². The summed E-state index contributed by atoms with van der Waals surface area (Å²) in [6.45, 7) is 11.1. The van der Waals surface area contributed by atoms with E-state index in [0.29, 0.717) is 42.3 Å². The first-order valence-electron chi connectivity index (χ1n) is 9.83. The number of ketones is 1. The highest BCUT2D eigenvalue weighted by atomic mass is 16.3. The Morgan fingerprint density at radius 3 is 2.72 bits per heavy atom. The molecule has 0 heterocycles. The highest BCUT2D eigenvalue weighted by Crippen LogP contribution is 2.67. The Hall–Kier alpha value is -1.33. The van der Waals surface area contributed by atoms with Crippen LogP contribution in [-0.2, 0) is 4.79 Å². The second kappa shape index (κ2) is 5.34. The van der Waals surface area contributed by atoms with E-state index in [1.165, 1.54) is 16.7 Å². The summed E-state index contributed by atoms with van der Waals surface area (Å²) in [6.07, 6.45) is 10.9. The van der Waals surface area contributed by atoms with Crippen molar-refractivity contribution in [3.63, 3.8) is 0 Å². The normalized spacial score (nSPS) is 49.3. The summed E-state index contributed by atoms with van der Waals surface area (Å²) in [5, 5.41) is 11.4. The molecule has 3 unspecified atom stereocenters. The van der Waals surface area contributed by atoms with E-state index in [1.54, 1.807) is 0 Å². The van der Waals surface area contributed by atoms with E-state index in [2.05, 4.69) is 33.3 Å². The molecule has 2 heteroatoms. The first-order chi connectivity index (χ1) is 11.7. The molecule has 0 amide bonds. The lowest BCUT2D eigenvalue weighted by molar-refractivity contribution is -0.119. The Balaban J connectivity index is 1.81. The molecule has 0 aliphatic heterocycles. The molecule has 4 aliphatic carbocycles. The summed E-state index contributed by atoms with van der Waals surface area (Å²) < 4.78 is 0. The zero-order chi connectivity index (χ0) is 18.1. The second-order valence-electron chi connectivity index (χ2n) is 9.49. The summed E-state index contributed by atoms with van der Waals surface area (Å²) >= 11 is 0. The fraction of sp³-hybridized carbons (Fsp3) is 0.696. The molecule has 2 fully saturated rings. The number of allylic oxidation sites excluding steroid dienone is 3. The monoisotopic (exact) mass is 338 g/mol. The van der Waals surface area contributed by atoms with Crippen molar-refractivity contribution >= 4 is 5.78 Å². The van der Waals surface area contributed by atoms with Gasteiger partial charge in [0.1, 0.15) is 11.4 Å². The summed E-state index contributed by atoms with van der Waals surface area (Å²) in [6, 6.07) is 0. The Kier molecular flexibility index (Phi) is 3.65. The zero-order valence-electron chi connectivity index (χ0n) is 15.8. The minimum absolute atomic E-state index is 0.120. The first-order valence-corrected chi connectivity index (χ1v) is 9.83. The third kappa shape index (κ3) is 2.05. The van der Waals surface area contributed by atoms with Crippen molar-refractivity contribution in [3.8, 4) is 12.3 Å². The largest absolute Gasteiger partial charge is 0.377 e. The fourth-order valence-electron chi connectivity index (χ4n) is 7.10. The molecule has 1 N–H and O–H groups in total. The molecular formula is C23H30O2. The number of carbonyl (C=O) groups excluding carboxylic acids is 1. The van der Waals surface area contributed by atoms with Crippen LogP contribution in [-0.4, -0.2) is 16.5 Å². The topological polar surface area (TPSA) is 37.3 Å². The van der Waals surface area contributed by atoms with E-state index in [1.807, 2.05) is 0 Å². The Labute approximate surface area is 151 Å². The van der Waals surface area contributed by atoms with Gasteiger partial charge in [0.15, 0.2) is 0 Å². The number of Topliss-reactive ketones (excluding diaryl/α,β-unsaturated/α-hetero) is 1. The van der Waals surface area contributed by atoms with Crippen molar-refractivity contribution in [1.29, 1.82) is 0 Å². The summed E-state index contributed by atoms with van der Waals surface area (Å²) in [5.41, 5.74) is 2.82. The molecule has 0 radical (unpaired) electrons. The molecule has 0 aromatic rings. The molecular weight excluding hydrogens is 308 g/mol. The van der Waals surface area contributed by atoms with Crippen LogP contribution in [0.15, 0.2) is 23.3 Å². The molecule has 2 nitrogen and oxygen atoms in total. The molecule has 0 saturated heterocycles. The van der Waals surface area contributed by atoms with Crippen LogP contribution in [0.25, 0.3) is 0 Å². The molecule has 4 aliphatic rings. The highest BCUT2D eigenvalue weighted by Gasteiger charge is 2.65.